The van der Waals surface area contributed by atoms with Gasteiger partial charge in [-0.2, -0.15) is 4.31 Å². The van der Waals surface area contributed by atoms with Crippen LogP contribution in [-0.4, -0.2) is 46.0 Å². The SMILES string of the molecule is COc1ccc(S(=O)(=O)N2CCNCC2)cc1.Cl. The van der Waals surface area contributed by atoms with Crippen LogP contribution in [0, 0.1) is 0 Å². The third kappa shape index (κ3) is 3.14. The molecule has 0 spiro atoms. The number of nitrogens with zero attached hydrogens (tertiary/aromatic N) is 1. The lowest BCUT2D eigenvalue weighted by Crippen LogP contribution is -2.46. The largest absolute Gasteiger partial charge is 0.497 e. The minimum Gasteiger partial charge on any atom is -0.497 e. The lowest BCUT2D eigenvalue weighted by atomic mass is 10.3. The molecule has 7 heteroatoms. The van der Waals surface area contributed by atoms with Crippen molar-refractivity contribution in [2.75, 3.05) is 33.3 Å². The summed E-state index contributed by atoms with van der Waals surface area (Å²) in [4.78, 5) is 0.320. The molecule has 1 aliphatic rings. The zero-order valence-corrected chi connectivity index (χ0v) is 11.8. The molecule has 0 bridgehead atoms. The quantitative estimate of drug-likeness (QED) is 0.891. The lowest BCUT2D eigenvalue weighted by Gasteiger charge is -2.26. The third-order valence-corrected chi connectivity index (χ3v) is 4.69. The van der Waals surface area contributed by atoms with E-state index in [0.29, 0.717) is 36.8 Å². The van der Waals surface area contributed by atoms with E-state index in [4.69, 9.17) is 4.74 Å². The van der Waals surface area contributed by atoms with Gasteiger partial charge in [-0.1, -0.05) is 0 Å². The van der Waals surface area contributed by atoms with Crippen molar-refractivity contribution in [1.82, 2.24) is 9.62 Å². The molecule has 102 valence electrons. The van der Waals surface area contributed by atoms with E-state index in [1.54, 1.807) is 31.4 Å². The molecule has 2 rings (SSSR count). The molecule has 0 aromatic heterocycles. The summed E-state index contributed by atoms with van der Waals surface area (Å²) in [7, 11) is -1.79. The Kier molecular flexibility index (Phi) is 5.40. The maximum atomic E-state index is 12.2. The van der Waals surface area contributed by atoms with E-state index >= 15 is 0 Å². The monoisotopic (exact) mass is 292 g/mol. The summed E-state index contributed by atoms with van der Waals surface area (Å²) in [5, 5.41) is 3.13. The first-order chi connectivity index (χ1) is 8.14. The second-order valence-electron chi connectivity index (χ2n) is 3.83. The molecule has 1 aromatic rings. The van der Waals surface area contributed by atoms with Crippen molar-refractivity contribution in [2.24, 2.45) is 0 Å². The van der Waals surface area contributed by atoms with Gasteiger partial charge in [0, 0.05) is 26.2 Å². The molecule has 1 heterocycles. The topological polar surface area (TPSA) is 58.6 Å². The van der Waals surface area contributed by atoms with Crippen LogP contribution in [-0.2, 0) is 10.0 Å². The summed E-state index contributed by atoms with van der Waals surface area (Å²) >= 11 is 0. The number of benzene rings is 1. The lowest BCUT2D eigenvalue weighted by molar-refractivity contribution is 0.360. The first-order valence-corrected chi connectivity index (χ1v) is 6.93. The zero-order chi connectivity index (χ0) is 12.3. The van der Waals surface area contributed by atoms with Crippen LogP contribution in [0.4, 0.5) is 0 Å². The molecule has 0 radical (unpaired) electrons. The second-order valence-corrected chi connectivity index (χ2v) is 5.77. The molecule has 1 aliphatic heterocycles. The Bertz CT molecular complexity index is 470. The minimum absolute atomic E-state index is 0. The summed E-state index contributed by atoms with van der Waals surface area (Å²) in [5.41, 5.74) is 0. The summed E-state index contributed by atoms with van der Waals surface area (Å²) < 4.78 is 31.0. The average Bonchev–Trinajstić information content (AvgIpc) is 2.40. The van der Waals surface area contributed by atoms with Crippen LogP contribution in [0.25, 0.3) is 0 Å². The number of hydrogen-bond acceptors (Lipinski definition) is 4. The molecule has 0 aliphatic carbocycles. The molecule has 5 nitrogen and oxygen atoms in total. The van der Waals surface area contributed by atoms with Crippen molar-refractivity contribution in [3.05, 3.63) is 24.3 Å². The fourth-order valence-electron chi connectivity index (χ4n) is 1.78. The Labute approximate surface area is 114 Å². The van der Waals surface area contributed by atoms with Crippen LogP contribution >= 0.6 is 12.4 Å². The van der Waals surface area contributed by atoms with Gasteiger partial charge in [0.25, 0.3) is 0 Å². The Morgan fingerprint density at radius 1 is 1.17 bits per heavy atom. The van der Waals surface area contributed by atoms with E-state index in [1.165, 1.54) is 4.31 Å². The number of piperazine rings is 1. The van der Waals surface area contributed by atoms with Crippen LogP contribution < -0.4 is 10.1 Å². The molecule has 1 fully saturated rings. The summed E-state index contributed by atoms with van der Waals surface area (Å²) in [6.07, 6.45) is 0. The van der Waals surface area contributed by atoms with Gasteiger partial charge in [-0.25, -0.2) is 8.42 Å². The molecule has 0 amide bonds. The van der Waals surface area contributed by atoms with Gasteiger partial charge in [-0.05, 0) is 24.3 Å². The fraction of sp³-hybridized carbons (Fsp3) is 0.455. The summed E-state index contributed by atoms with van der Waals surface area (Å²) in [5.74, 6) is 0.657. The molecule has 1 saturated heterocycles. The van der Waals surface area contributed by atoms with E-state index in [-0.39, 0.29) is 12.4 Å². The highest BCUT2D eigenvalue weighted by Crippen LogP contribution is 2.19. The highest BCUT2D eigenvalue weighted by atomic mass is 35.5. The van der Waals surface area contributed by atoms with Crippen molar-refractivity contribution in [3.63, 3.8) is 0 Å². The average molecular weight is 293 g/mol. The second kappa shape index (κ2) is 6.38. The van der Waals surface area contributed by atoms with Gasteiger partial charge < -0.3 is 10.1 Å². The molecular formula is C11H17ClN2O3S. The standard InChI is InChI=1S/C11H16N2O3S.ClH/c1-16-10-2-4-11(5-3-10)17(14,15)13-8-6-12-7-9-13;/h2-5,12H,6-9H2,1H3;1H. The number of sulfonamides is 1. The minimum atomic E-state index is -3.35. The molecule has 1 N–H and O–H groups in total. The number of hydrogen-bond donors (Lipinski definition) is 1. The van der Waals surface area contributed by atoms with Gasteiger partial charge >= 0.3 is 0 Å². The number of halogens is 1. The molecule has 0 saturated carbocycles. The van der Waals surface area contributed by atoms with Crippen molar-refractivity contribution in [1.29, 1.82) is 0 Å². The molecule has 18 heavy (non-hydrogen) atoms. The Morgan fingerprint density at radius 2 is 1.72 bits per heavy atom. The van der Waals surface area contributed by atoms with E-state index in [1.807, 2.05) is 0 Å². The van der Waals surface area contributed by atoms with Crippen molar-refractivity contribution in [3.8, 4) is 5.75 Å². The van der Waals surface area contributed by atoms with E-state index in [0.717, 1.165) is 0 Å². The predicted octanol–water partition coefficient (Wildman–Crippen LogP) is 0.711. The highest BCUT2D eigenvalue weighted by molar-refractivity contribution is 7.89. The first kappa shape index (κ1) is 15.2. The van der Waals surface area contributed by atoms with Crippen LogP contribution in [0.3, 0.4) is 0 Å². The van der Waals surface area contributed by atoms with Crippen molar-refractivity contribution in [2.45, 2.75) is 4.90 Å². The summed E-state index contributed by atoms with van der Waals surface area (Å²) in [6.45, 7) is 2.45. The smallest absolute Gasteiger partial charge is 0.243 e. The van der Waals surface area contributed by atoms with Gasteiger partial charge in [-0.15, -0.1) is 12.4 Å². The maximum absolute atomic E-state index is 12.2. The zero-order valence-electron chi connectivity index (χ0n) is 10.1. The molecule has 0 unspecified atom stereocenters. The van der Waals surface area contributed by atoms with Crippen LogP contribution in [0.1, 0.15) is 0 Å². The summed E-state index contributed by atoms with van der Waals surface area (Å²) in [6, 6.07) is 6.48. The Hall–Kier alpha value is -0.820. The highest BCUT2D eigenvalue weighted by Gasteiger charge is 2.25. The normalized spacial score (nSPS) is 16.9. The number of ether oxygens (including phenoxy) is 1. The first-order valence-electron chi connectivity index (χ1n) is 5.49. The Morgan fingerprint density at radius 3 is 2.22 bits per heavy atom. The van der Waals surface area contributed by atoms with Crippen LogP contribution in [0.5, 0.6) is 5.75 Å². The van der Waals surface area contributed by atoms with Crippen LogP contribution in [0.15, 0.2) is 29.2 Å². The van der Waals surface area contributed by atoms with Gasteiger partial charge in [-0.3, -0.25) is 0 Å². The van der Waals surface area contributed by atoms with Gasteiger partial charge in [0.05, 0.1) is 12.0 Å². The van der Waals surface area contributed by atoms with Crippen molar-refractivity contribution < 1.29 is 13.2 Å². The number of rotatable bonds is 3. The third-order valence-electron chi connectivity index (χ3n) is 2.77. The van der Waals surface area contributed by atoms with Gasteiger partial charge in [0.15, 0.2) is 0 Å². The fourth-order valence-corrected chi connectivity index (χ4v) is 3.22. The van der Waals surface area contributed by atoms with E-state index in [9.17, 15) is 8.42 Å². The van der Waals surface area contributed by atoms with Crippen LogP contribution in [0.2, 0.25) is 0 Å². The number of methoxy groups -OCH3 is 1. The number of nitrogens with one attached hydrogen (secondary N) is 1. The predicted molar refractivity (Wildman–Crippen MR) is 71.9 cm³/mol. The molecule has 0 atom stereocenters. The van der Waals surface area contributed by atoms with Gasteiger partial charge in [0.2, 0.25) is 10.0 Å². The van der Waals surface area contributed by atoms with E-state index < -0.39 is 10.0 Å². The Balaban J connectivity index is 0.00000162. The molecule has 1 aromatic carbocycles. The molecular weight excluding hydrogens is 276 g/mol. The maximum Gasteiger partial charge on any atom is 0.243 e. The van der Waals surface area contributed by atoms with E-state index in [2.05, 4.69) is 5.32 Å². The van der Waals surface area contributed by atoms with Crippen molar-refractivity contribution >= 4 is 22.4 Å². The van der Waals surface area contributed by atoms with Gasteiger partial charge in [0.1, 0.15) is 5.75 Å².